The lowest BCUT2D eigenvalue weighted by Crippen LogP contribution is -2.30. The zero-order valence-electron chi connectivity index (χ0n) is 22.5. The maximum atomic E-state index is 13.2. The quantitative estimate of drug-likeness (QED) is 0.261. The van der Waals surface area contributed by atoms with Gasteiger partial charge in [-0.1, -0.05) is 43.3 Å². The lowest BCUT2D eigenvalue weighted by Gasteiger charge is -2.18. The van der Waals surface area contributed by atoms with Crippen LogP contribution in [0.25, 0.3) is 0 Å². The van der Waals surface area contributed by atoms with Crippen molar-refractivity contribution in [2.45, 2.75) is 40.0 Å². The standard InChI is InChI=1S/C30H34N2O6S/c1-19-12-13-22-25(16-19)39-30(32-26(33)17-37-23-10-6-4-8-20(23)2)28(22)29(35)31-14-15-36-27(34)18-38-24-11-7-5-9-21(24)3/h4-11,19H,12-18H2,1-3H3,(H,31,35)(H,32,33). The molecule has 39 heavy (non-hydrogen) atoms. The molecule has 1 heterocycles. The molecule has 1 unspecified atom stereocenters. The van der Waals surface area contributed by atoms with Gasteiger partial charge in [0.25, 0.3) is 11.8 Å². The van der Waals surface area contributed by atoms with E-state index in [2.05, 4.69) is 17.6 Å². The van der Waals surface area contributed by atoms with Gasteiger partial charge in [-0.2, -0.15) is 0 Å². The number of carbonyl (C=O) groups is 3. The van der Waals surface area contributed by atoms with E-state index in [0.29, 0.717) is 28.0 Å². The summed E-state index contributed by atoms with van der Waals surface area (Å²) >= 11 is 1.45. The van der Waals surface area contributed by atoms with Gasteiger partial charge in [0.1, 0.15) is 23.1 Å². The molecule has 0 saturated carbocycles. The molecule has 0 bridgehead atoms. The fourth-order valence-corrected chi connectivity index (χ4v) is 5.84. The van der Waals surface area contributed by atoms with Crippen LogP contribution in [0.3, 0.4) is 0 Å². The maximum Gasteiger partial charge on any atom is 0.344 e. The van der Waals surface area contributed by atoms with Crippen molar-refractivity contribution in [1.82, 2.24) is 5.32 Å². The number of benzene rings is 2. The van der Waals surface area contributed by atoms with E-state index in [-0.39, 0.29) is 38.2 Å². The largest absolute Gasteiger partial charge is 0.483 e. The van der Waals surface area contributed by atoms with Gasteiger partial charge in [0, 0.05) is 4.88 Å². The molecule has 2 amide bonds. The smallest absolute Gasteiger partial charge is 0.344 e. The monoisotopic (exact) mass is 550 g/mol. The Morgan fingerprint density at radius 3 is 2.26 bits per heavy atom. The summed E-state index contributed by atoms with van der Waals surface area (Å²) in [5.41, 5.74) is 3.33. The van der Waals surface area contributed by atoms with Crippen LogP contribution in [0.1, 0.15) is 45.3 Å². The predicted octanol–water partition coefficient (Wildman–Crippen LogP) is 4.86. The van der Waals surface area contributed by atoms with Crippen LogP contribution in [0.15, 0.2) is 48.5 Å². The van der Waals surface area contributed by atoms with Gasteiger partial charge < -0.3 is 24.8 Å². The molecular formula is C30H34N2O6S. The van der Waals surface area contributed by atoms with Gasteiger partial charge in [0.2, 0.25) is 0 Å². The summed E-state index contributed by atoms with van der Waals surface area (Å²) in [6, 6.07) is 14.9. The van der Waals surface area contributed by atoms with E-state index >= 15 is 0 Å². The summed E-state index contributed by atoms with van der Waals surface area (Å²) in [6.07, 6.45) is 2.62. The number of rotatable bonds is 11. The molecule has 1 aliphatic rings. The lowest BCUT2D eigenvalue weighted by atomic mass is 9.88. The molecule has 2 aromatic carbocycles. The van der Waals surface area contributed by atoms with Crippen LogP contribution < -0.4 is 20.1 Å². The van der Waals surface area contributed by atoms with Gasteiger partial charge in [-0.05, 0) is 67.9 Å². The Kier molecular flexibility index (Phi) is 9.59. The van der Waals surface area contributed by atoms with Gasteiger partial charge in [-0.25, -0.2) is 4.79 Å². The van der Waals surface area contributed by atoms with Crippen LogP contribution in [-0.4, -0.2) is 44.1 Å². The van der Waals surface area contributed by atoms with Crippen LogP contribution >= 0.6 is 11.3 Å². The zero-order valence-corrected chi connectivity index (χ0v) is 23.3. The molecule has 206 valence electrons. The molecule has 0 fully saturated rings. The number of thiophene rings is 1. The van der Waals surface area contributed by atoms with Gasteiger partial charge in [-0.3, -0.25) is 9.59 Å². The highest BCUT2D eigenvalue weighted by molar-refractivity contribution is 7.17. The number of amides is 2. The third kappa shape index (κ3) is 7.60. The van der Waals surface area contributed by atoms with Crippen LogP contribution in [-0.2, 0) is 27.2 Å². The number of hydrogen-bond acceptors (Lipinski definition) is 7. The molecule has 9 heteroatoms. The molecule has 1 aliphatic carbocycles. The molecule has 1 atom stereocenters. The first-order valence-corrected chi connectivity index (χ1v) is 13.9. The van der Waals surface area contributed by atoms with Crippen molar-refractivity contribution in [3.63, 3.8) is 0 Å². The number of hydrogen-bond donors (Lipinski definition) is 2. The third-order valence-corrected chi connectivity index (χ3v) is 7.70. The van der Waals surface area contributed by atoms with E-state index in [1.165, 1.54) is 11.3 Å². The number of nitrogens with one attached hydrogen (secondary N) is 2. The molecule has 3 aromatic rings. The normalized spacial score (nSPS) is 14.2. The van der Waals surface area contributed by atoms with Crippen molar-refractivity contribution < 1.29 is 28.6 Å². The van der Waals surface area contributed by atoms with Crippen LogP contribution in [0.2, 0.25) is 0 Å². The van der Waals surface area contributed by atoms with Crippen molar-refractivity contribution in [2.24, 2.45) is 5.92 Å². The van der Waals surface area contributed by atoms with Gasteiger partial charge in [0.15, 0.2) is 13.2 Å². The number of ether oxygens (including phenoxy) is 3. The molecule has 0 aliphatic heterocycles. The van der Waals surface area contributed by atoms with Crippen LogP contribution in [0, 0.1) is 19.8 Å². The summed E-state index contributed by atoms with van der Waals surface area (Å²) in [6.45, 7) is 5.78. The second kappa shape index (κ2) is 13.3. The Hall–Kier alpha value is -3.85. The van der Waals surface area contributed by atoms with Gasteiger partial charge in [0.05, 0.1) is 12.1 Å². The van der Waals surface area contributed by atoms with Crippen molar-refractivity contribution in [3.8, 4) is 11.5 Å². The summed E-state index contributed by atoms with van der Waals surface area (Å²) < 4.78 is 16.4. The number of carbonyl (C=O) groups excluding carboxylic acids is 3. The van der Waals surface area contributed by atoms with Gasteiger partial charge >= 0.3 is 5.97 Å². The van der Waals surface area contributed by atoms with Crippen LogP contribution in [0.5, 0.6) is 11.5 Å². The molecular weight excluding hydrogens is 516 g/mol. The Morgan fingerprint density at radius 1 is 0.949 bits per heavy atom. The van der Waals surface area contributed by atoms with E-state index in [1.807, 2.05) is 56.3 Å². The zero-order chi connectivity index (χ0) is 27.8. The first kappa shape index (κ1) is 28.2. The average molecular weight is 551 g/mol. The second-order valence-corrected chi connectivity index (χ2v) is 10.8. The number of aryl methyl sites for hydroxylation is 2. The maximum absolute atomic E-state index is 13.2. The van der Waals surface area contributed by atoms with Crippen molar-refractivity contribution in [3.05, 3.63) is 75.7 Å². The van der Waals surface area contributed by atoms with Crippen LogP contribution in [0.4, 0.5) is 5.00 Å². The van der Waals surface area contributed by atoms with Crippen molar-refractivity contribution >= 4 is 34.1 Å². The SMILES string of the molecule is Cc1ccccc1OCC(=O)Nc1sc2c(c1C(=O)NCCOC(=O)COc1ccccc1C)CCC(C)C2. The molecule has 0 radical (unpaired) electrons. The second-order valence-electron chi connectivity index (χ2n) is 9.69. The fraction of sp³-hybridized carbons (Fsp3) is 0.367. The molecule has 8 nitrogen and oxygen atoms in total. The minimum Gasteiger partial charge on any atom is -0.483 e. The topological polar surface area (TPSA) is 103 Å². The van der Waals surface area contributed by atoms with E-state index in [1.54, 1.807) is 6.07 Å². The molecule has 2 N–H and O–H groups in total. The van der Waals surface area contributed by atoms with E-state index in [0.717, 1.165) is 40.8 Å². The summed E-state index contributed by atoms with van der Waals surface area (Å²) in [4.78, 5) is 39.2. The van der Waals surface area contributed by atoms with E-state index in [4.69, 9.17) is 14.2 Å². The number of para-hydroxylation sites is 2. The first-order chi connectivity index (χ1) is 18.8. The highest BCUT2D eigenvalue weighted by Gasteiger charge is 2.28. The summed E-state index contributed by atoms with van der Waals surface area (Å²) in [5, 5.41) is 6.24. The minimum absolute atomic E-state index is 0.0109. The Morgan fingerprint density at radius 2 is 1.59 bits per heavy atom. The van der Waals surface area contributed by atoms with Gasteiger partial charge in [-0.15, -0.1) is 11.3 Å². The Labute approximate surface area is 232 Å². The summed E-state index contributed by atoms with van der Waals surface area (Å²) in [5.74, 6) is 0.630. The van der Waals surface area contributed by atoms with E-state index < -0.39 is 5.97 Å². The highest BCUT2D eigenvalue weighted by atomic mass is 32.1. The number of esters is 1. The Bertz CT molecular complexity index is 1330. The summed E-state index contributed by atoms with van der Waals surface area (Å²) in [7, 11) is 0. The first-order valence-electron chi connectivity index (χ1n) is 13.1. The predicted molar refractivity (Wildman–Crippen MR) is 151 cm³/mol. The molecule has 1 aromatic heterocycles. The lowest BCUT2D eigenvalue weighted by molar-refractivity contribution is -0.145. The molecule has 0 spiro atoms. The Balaban J connectivity index is 1.32. The van der Waals surface area contributed by atoms with Crippen molar-refractivity contribution in [1.29, 1.82) is 0 Å². The third-order valence-electron chi connectivity index (χ3n) is 6.53. The number of fused-ring (bicyclic) bond motifs is 1. The molecule has 4 rings (SSSR count). The fourth-order valence-electron chi connectivity index (χ4n) is 4.42. The average Bonchev–Trinajstić information content (AvgIpc) is 3.26. The molecule has 0 saturated heterocycles. The van der Waals surface area contributed by atoms with E-state index in [9.17, 15) is 14.4 Å². The van der Waals surface area contributed by atoms with Crippen molar-refractivity contribution in [2.75, 3.05) is 31.7 Å². The minimum atomic E-state index is -0.518. The number of anilines is 1. The highest BCUT2D eigenvalue weighted by Crippen LogP contribution is 2.39.